The first-order valence-corrected chi connectivity index (χ1v) is 9.60. The number of nitrogens with one attached hydrogen (secondary N) is 2. The molecule has 0 spiro atoms. The van der Waals surface area contributed by atoms with Crippen LogP contribution >= 0.6 is 0 Å². The normalized spacial score (nSPS) is 15.9. The van der Waals surface area contributed by atoms with Crippen LogP contribution in [0.25, 0.3) is 0 Å². The van der Waals surface area contributed by atoms with Gasteiger partial charge in [-0.2, -0.15) is 0 Å². The number of guanidine groups is 1. The molecular weight excluding hydrogens is 296 g/mol. The van der Waals surface area contributed by atoms with E-state index in [1.54, 1.807) is 0 Å². The highest BCUT2D eigenvalue weighted by Crippen LogP contribution is 2.17. The molecular formula is C20H34N4. The van der Waals surface area contributed by atoms with Crippen LogP contribution in [-0.2, 0) is 13.1 Å². The van der Waals surface area contributed by atoms with E-state index in [1.807, 2.05) is 0 Å². The summed E-state index contributed by atoms with van der Waals surface area (Å²) in [4.78, 5) is 7.23. The van der Waals surface area contributed by atoms with Crippen LogP contribution in [0, 0.1) is 0 Å². The fourth-order valence-electron chi connectivity index (χ4n) is 3.29. The third-order valence-corrected chi connectivity index (χ3v) is 4.75. The van der Waals surface area contributed by atoms with E-state index in [9.17, 15) is 0 Å². The van der Waals surface area contributed by atoms with Crippen molar-refractivity contribution in [2.45, 2.75) is 65.6 Å². The molecule has 134 valence electrons. The maximum absolute atomic E-state index is 4.79. The Morgan fingerprint density at radius 3 is 2.50 bits per heavy atom. The molecule has 0 atom stereocenters. The number of rotatable bonds is 8. The zero-order valence-electron chi connectivity index (χ0n) is 15.6. The quantitative estimate of drug-likeness (QED) is 0.566. The van der Waals surface area contributed by atoms with Crippen LogP contribution in [0.15, 0.2) is 29.3 Å². The van der Waals surface area contributed by atoms with Crippen molar-refractivity contribution in [3.05, 3.63) is 35.4 Å². The van der Waals surface area contributed by atoms with Gasteiger partial charge >= 0.3 is 0 Å². The highest BCUT2D eigenvalue weighted by Gasteiger charge is 2.15. The van der Waals surface area contributed by atoms with E-state index >= 15 is 0 Å². The first-order valence-electron chi connectivity index (χ1n) is 9.60. The standard InChI is InChI=1S/C20H34N4/c1-4-21-20(23-19-12-7-8-13-19)22-15-17-10-9-11-18(14-17)16-24(5-2)6-3/h9-11,14,19H,4-8,12-13,15-16H2,1-3H3,(H2,21,22,23). The third-order valence-electron chi connectivity index (χ3n) is 4.75. The highest BCUT2D eigenvalue weighted by atomic mass is 15.2. The van der Waals surface area contributed by atoms with E-state index in [4.69, 9.17) is 4.99 Å². The summed E-state index contributed by atoms with van der Waals surface area (Å²) in [5.74, 6) is 0.957. The van der Waals surface area contributed by atoms with E-state index in [2.05, 4.69) is 60.6 Å². The molecule has 1 fully saturated rings. The van der Waals surface area contributed by atoms with Gasteiger partial charge in [-0.1, -0.05) is 51.0 Å². The smallest absolute Gasteiger partial charge is 0.191 e. The lowest BCUT2D eigenvalue weighted by molar-refractivity contribution is 0.296. The molecule has 0 aliphatic heterocycles. The number of benzene rings is 1. The zero-order chi connectivity index (χ0) is 17.2. The Labute approximate surface area is 147 Å². The Kier molecular flexibility index (Phi) is 8.10. The van der Waals surface area contributed by atoms with Gasteiger partial charge in [0.05, 0.1) is 6.54 Å². The van der Waals surface area contributed by atoms with Crippen LogP contribution < -0.4 is 10.6 Å². The lowest BCUT2D eigenvalue weighted by Crippen LogP contribution is -2.42. The Balaban J connectivity index is 1.96. The van der Waals surface area contributed by atoms with E-state index in [0.29, 0.717) is 6.04 Å². The van der Waals surface area contributed by atoms with Gasteiger partial charge in [-0.3, -0.25) is 4.90 Å². The Bertz CT molecular complexity index is 502. The summed E-state index contributed by atoms with van der Waals surface area (Å²) < 4.78 is 0. The van der Waals surface area contributed by atoms with Gasteiger partial charge in [0.1, 0.15) is 0 Å². The van der Waals surface area contributed by atoms with E-state index in [0.717, 1.165) is 38.7 Å². The maximum atomic E-state index is 4.79. The molecule has 1 aliphatic rings. The van der Waals surface area contributed by atoms with Crippen molar-refractivity contribution >= 4 is 5.96 Å². The molecule has 2 rings (SSSR count). The second-order valence-electron chi connectivity index (χ2n) is 6.60. The van der Waals surface area contributed by atoms with Crippen LogP contribution in [0.4, 0.5) is 0 Å². The van der Waals surface area contributed by atoms with Crippen LogP contribution in [0.5, 0.6) is 0 Å². The van der Waals surface area contributed by atoms with Gasteiger partial charge in [-0.15, -0.1) is 0 Å². The van der Waals surface area contributed by atoms with Crippen LogP contribution in [0.2, 0.25) is 0 Å². The van der Waals surface area contributed by atoms with E-state index in [1.165, 1.54) is 36.8 Å². The van der Waals surface area contributed by atoms with Crippen molar-refractivity contribution in [3.8, 4) is 0 Å². The van der Waals surface area contributed by atoms with Crippen molar-refractivity contribution < 1.29 is 0 Å². The van der Waals surface area contributed by atoms with Gasteiger partial charge in [-0.05, 0) is 44.0 Å². The summed E-state index contributed by atoms with van der Waals surface area (Å²) in [6.07, 6.45) is 5.21. The minimum atomic E-state index is 0.594. The monoisotopic (exact) mass is 330 g/mol. The average molecular weight is 331 g/mol. The maximum Gasteiger partial charge on any atom is 0.191 e. The van der Waals surface area contributed by atoms with E-state index < -0.39 is 0 Å². The molecule has 0 radical (unpaired) electrons. The summed E-state index contributed by atoms with van der Waals surface area (Å²) in [5.41, 5.74) is 2.66. The number of hydrogen-bond acceptors (Lipinski definition) is 2. The molecule has 1 aliphatic carbocycles. The summed E-state index contributed by atoms with van der Waals surface area (Å²) in [7, 11) is 0. The molecule has 0 amide bonds. The van der Waals surface area contributed by atoms with Crippen LogP contribution in [0.3, 0.4) is 0 Å². The molecule has 0 unspecified atom stereocenters. The Hall–Kier alpha value is -1.55. The van der Waals surface area contributed by atoms with Crippen molar-refractivity contribution in [3.63, 3.8) is 0 Å². The second kappa shape index (κ2) is 10.3. The van der Waals surface area contributed by atoms with Crippen molar-refractivity contribution in [1.29, 1.82) is 0 Å². The number of aliphatic imine (C=N–C) groups is 1. The Morgan fingerprint density at radius 1 is 1.12 bits per heavy atom. The summed E-state index contributed by atoms with van der Waals surface area (Å²) in [6.45, 7) is 11.4. The van der Waals surface area contributed by atoms with Crippen molar-refractivity contribution in [2.75, 3.05) is 19.6 Å². The molecule has 1 saturated carbocycles. The van der Waals surface area contributed by atoms with Gasteiger partial charge < -0.3 is 10.6 Å². The lowest BCUT2D eigenvalue weighted by Gasteiger charge is -2.18. The first kappa shape index (κ1) is 18.8. The van der Waals surface area contributed by atoms with Gasteiger partial charge in [0.25, 0.3) is 0 Å². The molecule has 0 aromatic heterocycles. The number of nitrogens with zero attached hydrogens (tertiary/aromatic N) is 2. The average Bonchev–Trinajstić information content (AvgIpc) is 3.11. The van der Waals surface area contributed by atoms with E-state index in [-0.39, 0.29) is 0 Å². The topological polar surface area (TPSA) is 39.7 Å². The summed E-state index contributed by atoms with van der Waals surface area (Å²) in [6, 6.07) is 9.43. The number of hydrogen-bond donors (Lipinski definition) is 2. The second-order valence-corrected chi connectivity index (χ2v) is 6.60. The Morgan fingerprint density at radius 2 is 1.83 bits per heavy atom. The summed E-state index contributed by atoms with van der Waals surface area (Å²) >= 11 is 0. The predicted octanol–water partition coefficient (Wildman–Crippen LogP) is 3.53. The molecule has 0 bridgehead atoms. The van der Waals surface area contributed by atoms with Gasteiger partial charge in [-0.25, -0.2) is 4.99 Å². The van der Waals surface area contributed by atoms with Gasteiger partial charge in [0, 0.05) is 19.1 Å². The first-order chi connectivity index (χ1) is 11.7. The highest BCUT2D eigenvalue weighted by molar-refractivity contribution is 5.80. The summed E-state index contributed by atoms with van der Waals surface area (Å²) in [5, 5.41) is 6.96. The molecule has 0 heterocycles. The van der Waals surface area contributed by atoms with Crippen LogP contribution in [0.1, 0.15) is 57.6 Å². The largest absolute Gasteiger partial charge is 0.357 e. The molecule has 1 aromatic rings. The zero-order valence-corrected chi connectivity index (χ0v) is 15.6. The molecule has 4 heteroatoms. The molecule has 0 saturated heterocycles. The third kappa shape index (κ3) is 6.16. The molecule has 24 heavy (non-hydrogen) atoms. The van der Waals surface area contributed by atoms with Crippen LogP contribution in [-0.4, -0.2) is 36.5 Å². The predicted molar refractivity (Wildman–Crippen MR) is 103 cm³/mol. The van der Waals surface area contributed by atoms with Crippen molar-refractivity contribution in [1.82, 2.24) is 15.5 Å². The molecule has 1 aromatic carbocycles. The fourth-order valence-corrected chi connectivity index (χ4v) is 3.29. The van der Waals surface area contributed by atoms with Gasteiger partial charge in [0.2, 0.25) is 0 Å². The molecule has 2 N–H and O–H groups in total. The fraction of sp³-hybridized carbons (Fsp3) is 0.650. The lowest BCUT2D eigenvalue weighted by atomic mass is 10.1. The minimum absolute atomic E-state index is 0.594. The minimum Gasteiger partial charge on any atom is -0.357 e. The van der Waals surface area contributed by atoms with Gasteiger partial charge in [0.15, 0.2) is 5.96 Å². The molecule has 4 nitrogen and oxygen atoms in total. The SMILES string of the molecule is CCNC(=NCc1cccc(CN(CC)CC)c1)NC1CCCC1. The van der Waals surface area contributed by atoms with Crippen molar-refractivity contribution in [2.24, 2.45) is 4.99 Å².